The van der Waals surface area contributed by atoms with Crippen molar-refractivity contribution >= 4 is 34.9 Å². The van der Waals surface area contributed by atoms with Crippen molar-refractivity contribution < 1.29 is 24.0 Å². The molecule has 2 aromatic rings. The largest absolute Gasteiger partial charge is 0.494 e. The van der Waals surface area contributed by atoms with Crippen LogP contribution >= 0.6 is 11.6 Å². The maximum Gasteiger partial charge on any atom is 0.338 e. The SMILES string of the molecule is CCOc1ccc(NC(=O)COC(=O)c2ccnc(Cl)c2)c([N+](=O)[O-])c1. The Bertz CT molecular complexity index is 842. The first-order valence-electron chi connectivity index (χ1n) is 7.40. The zero-order valence-electron chi connectivity index (χ0n) is 13.6. The molecule has 1 amide bonds. The molecule has 0 spiro atoms. The van der Waals surface area contributed by atoms with E-state index in [1.54, 1.807) is 6.92 Å². The van der Waals surface area contributed by atoms with Gasteiger partial charge in [0.25, 0.3) is 11.6 Å². The highest BCUT2D eigenvalue weighted by Gasteiger charge is 2.18. The molecule has 0 radical (unpaired) electrons. The summed E-state index contributed by atoms with van der Waals surface area (Å²) in [6.07, 6.45) is 1.32. The molecule has 9 nitrogen and oxygen atoms in total. The van der Waals surface area contributed by atoms with Crippen molar-refractivity contribution in [2.45, 2.75) is 6.92 Å². The monoisotopic (exact) mass is 379 g/mol. The number of nitrogens with one attached hydrogen (secondary N) is 1. The van der Waals surface area contributed by atoms with Crippen molar-refractivity contribution in [3.8, 4) is 5.75 Å². The molecular formula is C16H14ClN3O6. The highest BCUT2D eigenvalue weighted by molar-refractivity contribution is 6.29. The number of carbonyl (C=O) groups is 2. The normalized spacial score (nSPS) is 10.1. The number of pyridine rings is 1. The summed E-state index contributed by atoms with van der Waals surface area (Å²) in [6.45, 7) is 1.47. The van der Waals surface area contributed by atoms with Gasteiger partial charge in [-0.15, -0.1) is 0 Å². The van der Waals surface area contributed by atoms with E-state index < -0.39 is 23.4 Å². The molecule has 0 bridgehead atoms. The smallest absolute Gasteiger partial charge is 0.338 e. The third-order valence-electron chi connectivity index (χ3n) is 3.05. The van der Waals surface area contributed by atoms with Gasteiger partial charge >= 0.3 is 5.97 Å². The first-order valence-corrected chi connectivity index (χ1v) is 7.78. The molecule has 0 aliphatic rings. The highest BCUT2D eigenvalue weighted by atomic mass is 35.5. The van der Waals surface area contributed by atoms with Crippen LogP contribution in [0.15, 0.2) is 36.5 Å². The lowest BCUT2D eigenvalue weighted by molar-refractivity contribution is -0.384. The molecule has 0 unspecified atom stereocenters. The maximum absolute atomic E-state index is 11.9. The molecule has 1 heterocycles. The average molecular weight is 380 g/mol. The van der Waals surface area contributed by atoms with Crippen LogP contribution in [-0.4, -0.2) is 35.0 Å². The number of hydrogen-bond acceptors (Lipinski definition) is 7. The number of nitrogens with zero attached hydrogens (tertiary/aromatic N) is 2. The minimum atomic E-state index is -0.773. The standard InChI is InChI=1S/C16H14ClN3O6/c1-2-25-11-3-4-12(13(8-11)20(23)24)19-15(21)9-26-16(22)10-5-6-18-14(17)7-10/h3-8H,2,9H2,1H3,(H,19,21). The Morgan fingerprint density at radius 1 is 1.31 bits per heavy atom. The van der Waals surface area contributed by atoms with Crippen molar-refractivity contribution in [1.29, 1.82) is 0 Å². The number of hydrogen-bond donors (Lipinski definition) is 1. The van der Waals surface area contributed by atoms with E-state index in [0.29, 0.717) is 12.4 Å². The summed E-state index contributed by atoms with van der Waals surface area (Å²) in [7, 11) is 0. The minimum Gasteiger partial charge on any atom is -0.494 e. The molecule has 0 saturated carbocycles. The van der Waals surface area contributed by atoms with Crippen molar-refractivity contribution in [1.82, 2.24) is 4.98 Å². The number of esters is 1. The molecule has 1 aromatic carbocycles. The van der Waals surface area contributed by atoms with Crippen LogP contribution in [0.2, 0.25) is 5.15 Å². The predicted molar refractivity (Wildman–Crippen MR) is 92.4 cm³/mol. The highest BCUT2D eigenvalue weighted by Crippen LogP contribution is 2.29. The van der Waals surface area contributed by atoms with Gasteiger partial charge in [-0.25, -0.2) is 9.78 Å². The third-order valence-corrected chi connectivity index (χ3v) is 3.25. The predicted octanol–water partition coefficient (Wildman–Crippen LogP) is 2.84. The van der Waals surface area contributed by atoms with Gasteiger partial charge in [-0.05, 0) is 31.2 Å². The van der Waals surface area contributed by atoms with Gasteiger partial charge in [-0.1, -0.05) is 11.6 Å². The van der Waals surface area contributed by atoms with Crippen molar-refractivity contribution in [2.24, 2.45) is 0 Å². The van der Waals surface area contributed by atoms with E-state index in [1.807, 2.05) is 0 Å². The van der Waals surface area contributed by atoms with E-state index in [1.165, 1.54) is 36.5 Å². The summed E-state index contributed by atoms with van der Waals surface area (Å²) in [4.78, 5) is 38.0. The molecule has 26 heavy (non-hydrogen) atoms. The minimum absolute atomic E-state index is 0.0357. The van der Waals surface area contributed by atoms with Crippen molar-refractivity contribution in [3.05, 3.63) is 57.4 Å². The van der Waals surface area contributed by atoms with Crippen molar-refractivity contribution in [3.63, 3.8) is 0 Å². The van der Waals surface area contributed by atoms with Crippen LogP contribution in [0.4, 0.5) is 11.4 Å². The van der Waals surface area contributed by atoms with Crippen LogP contribution in [0.25, 0.3) is 0 Å². The third kappa shape index (κ3) is 5.15. The van der Waals surface area contributed by atoms with E-state index in [-0.39, 0.29) is 22.1 Å². The summed E-state index contributed by atoms with van der Waals surface area (Å²) in [5.74, 6) is -1.20. The molecule has 0 aliphatic carbocycles. The zero-order chi connectivity index (χ0) is 19.1. The van der Waals surface area contributed by atoms with Gasteiger partial charge < -0.3 is 14.8 Å². The molecular weight excluding hydrogens is 366 g/mol. The van der Waals surface area contributed by atoms with E-state index in [0.717, 1.165) is 0 Å². The first kappa shape index (κ1) is 19.1. The number of ether oxygens (including phenoxy) is 2. The molecule has 0 fully saturated rings. The van der Waals surface area contributed by atoms with Crippen LogP contribution in [0.3, 0.4) is 0 Å². The summed E-state index contributed by atoms with van der Waals surface area (Å²) < 4.78 is 10.0. The molecule has 10 heteroatoms. The molecule has 0 atom stereocenters. The van der Waals surface area contributed by atoms with Crippen molar-refractivity contribution in [2.75, 3.05) is 18.5 Å². The molecule has 2 rings (SSSR count). The first-order chi connectivity index (χ1) is 12.4. The molecule has 1 N–H and O–H groups in total. The number of halogens is 1. The number of carbonyl (C=O) groups excluding carboxylic acids is 2. The number of nitro benzene ring substituents is 1. The Morgan fingerprint density at radius 3 is 2.73 bits per heavy atom. The number of benzene rings is 1. The second kappa shape index (κ2) is 8.77. The fraction of sp³-hybridized carbons (Fsp3) is 0.188. The van der Waals surface area contributed by atoms with Crippen LogP contribution in [0, 0.1) is 10.1 Å². The van der Waals surface area contributed by atoms with Gasteiger partial charge in [0.15, 0.2) is 6.61 Å². The fourth-order valence-electron chi connectivity index (χ4n) is 1.95. The summed E-state index contributed by atoms with van der Waals surface area (Å²) in [5, 5.41) is 13.6. The van der Waals surface area contributed by atoms with Gasteiger partial charge in [-0.3, -0.25) is 14.9 Å². The number of rotatable bonds is 7. The maximum atomic E-state index is 11.9. The summed E-state index contributed by atoms with van der Waals surface area (Å²) in [6, 6.07) is 6.69. The van der Waals surface area contributed by atoms with E-state index >= 15 is 0 Å². The lowest BCUT2D eigenvalue weighted by atomic mass is 10.2. The Labute approximate surface area is 153 Å². The van der Waals surface area contributed by atoms with Crippen LogP contribution in [0.5, 0.6) is 5.75 Å². The number of nitro groups is 1. The topological polar surface area (TPSA) is 121 Å². The van der Waals surface area contributed by atoms with Crippen LogP contribution in [0.1, 0.15) is 17.3 Å². The Morgan fingerprint density at radius 2 is 2.08 bits per heavy atom. The van der Waals surface area contributed by atoms with E-state index in [9.17, 15) is 19.7 Å². The molecule has 136 valence electrons. The Kier molecular flexibility index (Phi) is 6.45. The van der Waals surface area contributed by atoms with Gasteiger partial charge in [0, 0.05) is 6.20 Å². The van der Waals surface area contributed by atoms with Gasteiger partial charge in [0.2, 0.25) is 0 Å². The molecule has 1 aromatic heterocycles. The van der Waals surface area contributed by atoms with Gasteiger partial charge in [-0.2, -0.15) is 0 Å². The van der Waals surface area contributed by atoms with Crippen LogP contribution < -0.4 is 10.1 Å². The van der Waals surface area contributed by atoms with Crippen LogP contribution in [-0.2, 0) is 9.53 Å². The second-order valence-electron chi connectivity index (χ2n) is 4.86. The molecule has 0 aliphatic heterocycles. The average Bonchev–Trinajstić information content (AvgIpc) is 2.61. The quantitative estimate of drug-likeness (QED) is 0.340. The zero-order valence-corrected chi connectivity index (χ0v) is 14.4. The fourth-order valence-corrected chi connectivity index (χ4v) is 2.13. The number of aromatic nitrogens is 1. The Hall–Kier alpha value is -3.20. The summed E-state index contributed by atoms with van der Waals surface area (Å²) in [5.41, 5.74) is -0.243. The van der Waals surface area contributed by atoms with Gasteiger partial charge in [0.05, 0.1) is 23.2 Å². The van der Waals surface area contributed by atoms with Gasteiger partial charge in [0.1, 0.15) is 16.6 Å². The summed E-state index contributed by atoms with van der Waals surface area (Å²) >= 11 is 5.67. The lowest BCUT2D eigenvalue weighted by Gasteiger charge is -2.09. The Balaban J connectivity index is 2.01. The molecule has 0 saturated heterocycles. The second-order valence-corrected chi connectivity index (χ2v) is 5.25. The number of amides is 1. The lowest BCUT2D eigenvalue weighted by Crippen LogP contribution is -2.21. The number of anilines is 1. The van der Waals surface area contributed by atoms with E-state index in [4.69, 9.17) is 21.1 Å². The van der Waals surface area contributed by atoms with E-state index in [2.05, 4.69) is 10.3 Å².